The van der Waals surface area contributed by atoms with Crippen molar-refractivity contribution in [3.05, 3.63) is 65.1 Å². The second-order valence-electron chi connectivity index (χ2n) is 9.42. The van der Waals surface area contributed by atoms with E-state index in [1.165, 1.54) is 12.1 Å². The Kier molecular flexibility index (Phi) is 6.82. The minimum absolute atomic E-state index is 0.133. The van der Waals surface area contributed by atoms with Crippen LogP contribution in [0.3, 0.4) is 0 Å². The van der Waals surface area contributed by atoms with Gasteiger partial charge in [0.05, 0.1) is 18.9 Å². The van der Waals surface area contributed by atoms with Crippen LogP contribution in [-0.2, 0) is 16.0 Å². The fourth-order valence-electron chi connectivity index (χ4n) is 5.39. The molecule has 5 rings (SSSR count). The molecular formula is C27H28FN5O4. The zero-order valence-electron chi connectivity index (χ0n) is 20.3. The topological polar surface area (TPSA) is 130 Å². The SMILES string of the molecule is COc1cccc2[nH]c(C(O)N3CCc4c(F)cccc4[C@H]3C(=O)N[C@H](C#N)C[C@@H]3CCNC3=O)cc12. The molecule has 0 saturated carbocycles. The van der Waals surface area contributed by atoms with Gasteiger partial charge >= 0.3 is 0 Å². The first kappa shape index (κ1) is 24.7. The van der Waals surface area contributed by atoms with Crippen LogP contribution in [0.5, 0.6) is 5.75 Å². The Labute approximate surface area is 213 Å². The Bertz CT molecular complexity index is 1380. The van der Waals surface area contributed by atoms with E-state index in [-0.39, 0.29) is 24.8 Å². The summed E-state index contributed by atoms with van der Waals surface area (Å²) < 4.78 is 20.1. The van der Waals surface area contributed by atoms with Gasteiger partial charge in [-0.2, -0.15) is 5.26 Å². The lowest BCUT2D eigenvalue weighted by Gasteiger charge is -2.39. The second-order valence-corrected chi connectivity index (χ2v) is 9.42. The van der Waals surface area contributed by atoms with Gasteiger partial charge in [0.25, 0.3) is 0 Å². The van der Waals surface area contributed by atoms with Crippen molar-refractivity contribution in [2.45, 2.75) is 37.6 Å². The zero-order chi connectivity index (χ0) is 26.1. The number of hydrogen-bond acceptors (Lipinski definition) is 6. The van der Waals surface area contributed by atoms with E-state index in [1.807, 2.05) is 18.2 Å². The van der Waals surface area contributed by atoms with Gasteiger partial charge in [0.1, 0.15) is 29.9 Å². The number of amides is 2. The Morgan fingerprint density at radius 1 is 1.35 bits per heavy atom. The molecule has 37 heavy (non-hydrogen) atoms. The molecule has 2 aliphatic heterocycles. The molecule has 4 atom stereocenters. The summed E-state index contributed by atoms with van der Waals surface area (Å²) in [6, 6.07) is 11.9. The summed E-state index contributed by atoms with van der Waals surface area (Å²) >= 11 is 0. The van der Waals surface area contributed by atoms with Crippen molar-refractivity contribution in [2.75, 3.05) is 20.2 Å². The van der Waals surface area contributed by atoms with Crippen LogP contribution >= 0.6 is 0 Å². The Hall–Kier alpha value is -3.94. The lowest BCUT2D eigenvalue weighted by molar-refractivity contribution is -0.134. The first-order valence-corrected chi connectivity index (χ1v) is 12.3. The van der Waals surface area contributed by atoms with Gasteiger partial charge in [0, 0.05) is 29.9 Å². The molecule has 1 saturated heterocycles. The van der Waals surface area contributed by atoms with Crippen molar-refractivity contribution in [1.82, 2.24) is 20.5 Å². The number of H-pyrrole nitrogens is 1. The van der Waals surface area contributed by atoms with Gasteiger partial charge in [-0.3, -0.25) is 14.5 Å². The summed E-state index contributed by atoms with van der Waals surface area (Å²) in [5.74, 6) is -0.807. The minimum atomic E-state index is -1.22. The molecular weight excluding hydrogens is 477 g/mol. The third-order valence-corrected chi connectivity index (χ3v) is 7.26. The number of carbonyl (C=O) groups excluding carboxylic acids is 2. The number of carbonyl (C=O) groups is 2. The standard InChI is InChI=1S/C27H28FN5O4/c1-37-23-7-3-6-21-19(23)13-22(32-21)27(36)33-11-9-17-18(4-2-5-20(17)28)24(33)26(35)31-16(14-29)12-15-8-10-30-25(15)34/h2-7,13,15-16,24,27,32,36H,8-12H2,1H3,(H,30,34)(H,31,35)/t15-,16-,24-,27?/m0/s1. The van der Waals surface area contributed by atoms with Crippen LogP contribution in [0, 0.1) is 23.1 Å². The minimum Gasteiger partial charge on any atom is -0.496 e. The van der Waals surface area contributed by atoms with Crippen molar-refractivity contribution in [1.29, 1.82) is 5.26 Å². The lowest BCUT2D eigenvalue weighted by Crippen LogP contribution is -2.48. The molecule has 1 aromatic heterocycles. The number of halogens is 1. The summed E-state index contributed by atoms with van der Waals surface area (Å²) in [4.78, 5) is 30.4. The van der Waals surface area contributed by atoms with E-state index in [1.54, 1.807) is 24.1 Å². The van der Waals surface area contributed by atoms with E-state index in [0.29, 0.717) is 42.0 Å². The normalized spacial score (nSPS) is 21.1. The van der Waals surface area contributed by atoms with Crippen molar-refractivity contribution < 1.29 is 23.8 Å². The van der Waals surface area contributed by atoms with Crippen LogP contribution in [0.15, 0.2) is 42.5 Å². The number of nitrogens with zero attached hydrogens (tertiary/aromatic N) is 2. The Morgan fingerprint density at radius 2 is 2.16 bits per heavy atom. The molecule has 2 aromatic carbocycles. The summed E-state index contributed by atoms with van der Waals surface area (Å²) in [6.45, 7) is 0.752. The highest BCUT2D eigenvalue weighted by Gasteiger charge is 2.39. The predicted molar refractivity (Wildman–Crippen MR) is 133 cm³/mol. The smallest absolute Gasteiger partial charge is 0.243 e. The number of fused-ring (bicyclic) bond motifs is 2. The first-order valence-electron chi connectivity index (χ1n) is 12.3. The summed E-state index contributed by atoms with van der Waals surface area (Å²) in [5.41, 5.74) is 2.06. The van der Waals surface area contributed by atoms with E-state index >= 15 is 0 Å². The maximum Gasteiger partial charge on any atom is 0.243 e. The summed E-state index contributed by atoms with van der Waals surface area (Å²) in [6.07, 6.45) is -0.137. The van der Waals surface area contributed by atoms with Crippen molar-refractivity contribution >= 4 is 22.7 Å². The molecule has 2 amide bonds. The lowest BCUT2D eigenvalue weighted by atomic mass is 9.90. The molecule has 192 valence electrons. The number of aliphatic hydroxyl groups is 1. The number of methoxy groups -OCH3 is 1. The molecule has 9 nitrogen and oxygen atoms in total. The number of hydrogen-bond donors (Lipinski definition) is 4. The number of aromatic amines is 1. The third-order valence-electron chi connectivity index (χ3n) is 7.26. The zero-order valence-corrected chi connectivity index (χ0v) is 20.3. The highest BCUT2D eigenvalue weighted by atomic mass is 19.1. The van der Waals surface area contributed by atoms with Crippen LogP contribution in [0.4, 0.5) is 4.39 Å². The number of aromatic nitrogens is 1. The number of nitrogens with one attached hydrogen (secondary N) is 3. The maximum absolute atomic E-state index is 14.7. The Morgan fingerprint density at radius 3 is 2.89 bits per heavy atom. The maximum atomic E-state index is 14.7. The van der Waals surface area contributed by atoms with E-state index in [9.17, 15) is 24.3 Å². The highest BCUT2D eigenvalue weighted by molar-refractivity contribution is 5.87. The molecule has 10 heteroatoms. The van der Waals surface area contributed by atoms with Crippen LogP contribution in [0.25, 0.3) is 10.9 Å². The summed E-state index contributed by atoms with van der Waals surface area (Å²) in [7, 11) is 1.56. The van der Waals surface area contributed by atoms with Crippen LogP contribution in [-0.4, -0.2) is 53.0 Å². The monoisotopic (exact) mass is 505 g/mol. The van der Waals surface area contributed by atoms with Crippen LogP contribution in [0.2, 0.25) is 0 Å². The average Bonchev–Trinajstić information content (AvgIpc) is 3.53. The number of aliphatic hydroxyl groups excluding tert-OH is 1. The van der Waals surface area contributed by atoms with Gasteiger partial charge in [0.2, 0.25) is 11.8 Å². The predicted octanol–water partition coefficient (Wildman–Crippen LogP) is 2.44. The number of ether oxygens (including phenoxy) is 1. The van der Waals surface area contributed by atoms with Gasteiger partial charge in [-0.1, -0.05) is 18.2 Å². The van der Waals surface area contributed by atoms with Gasteiger partial charge < -0.3 is 25.5 Å². The van der Waals surface area contributed by atoms with Gasteiger partial charge in [0.15, 0.2) is 0 Å². The van der Waals surface area contributed by atoms with Crippen molar-refractivity contribution in [3.8, 4) is 11.8 Å². The molecule has 1 unspecified atom stereocenters. The number of nitriles is 1. The highest BCUT2D eigenvalue weighted by Crippen LogP contribution is 2.38. The van der Waals surface area contributed by atoms with E-state index < -0.39 is 30.0 Å². The number of rotatable bonds is 7. The van der Waals surface area contributed by atoms with Crippen LogP contribution in [0.1, 0.15) is 41.9 Å². The molecule has 0 radical (unpaired) electrons. The van der Waals surface area contributed by atoms with E-state index in [2.05, 4.69) is 21.7 Å². The fourth-order valence-corrected chi connectivity index (χ4v) is 5.39. The quantitative estimate of drug-likeness (QED) is 0.390. The van der Waals surface area contributed by atoms with Gasteiger partial charge in [-0.15, -0.1) is 0 Å². The first-order chi connectivity index (χ1) is 17.9. The molecule has 3 aromatic rings. The molecule has 0 bridgehead atoms. The summed E-state index contributed by atoms with van der Waals surface area (Å²) in [5, 5.41) is 27.4. The molecule has 0 spiro atoms. The van der Waals surface area contributed by atoms with Crippen molar-refractivity contribution in [3.63, 3.8) is 0 Å². The molecule has 4 N–H and O–H groups in total. The second kappa shape index (κ2) is 10.2. The number of benzene rings is 2. The third kappa shape index (κ3) is 4.63. The molecule has 3 heterocycles. The largest absolute Gasteiger partial charge is 0.496 e. The average molecular weight is 506 g/mol. The van der Waals surface area contributed by atoms with Gasteiger partial charge in [-0.25, -0.2) is 4.39 Å². The molecule has 2 aliphatic rings. The van der Waals surface area contributed by atoms with E-state index in [4.69, 9.17) is 4.74 Å². The van der Waals surface area contributed by atoms with Crippen LogP contribution < -0.4 is 15.4 Å². The van der Waals surface area contributed by atoms with E-state index in [0.717, 1.165) is 10.9 Å². The molecule has 1 fully saturated rings. The molecule has 0 aliphatic carbocycles. The Balaban J connectivity index is 1.46. The fraction of sp³-hybridized carbons (Fsp3) is 0.370. The van der Waals surface area contributed by atoms with Crippen molar-refractivity contribution in [2.24, 2.45) is 5.92 Å². The van der Waals surface area contributed by atoms with Gasteiger partial charge in [-0.05, 0) is 54.7 Å².